The van der Waals surface area contributed by atoms with Gasteiger partial charge in [0.2, 0.25) is 0 Å². The molecule has 2 rings (SSSR count). The molecule has 0 amide bonds. The molecular weight excluding hydrogens is 421 g/mol. The van der Waals surface area contributed by atoms with Gasteiger partial charge in [-0.1, -0.05) is 28.1 Å². The molecule has 0 N–H and O–H groups in total. The Hall–Kier alpha value is -0.110. The molecule has 0 saturated carbocycles. The molecule has 7 heteroatoms. The number of halogens is 5. The first-order valence-electron chi connectivity index (χ1n) is 5.82. The van der Waals surface area contributed by atoms with Crippen LogP contribution in [-0.4, -0.2) is 19.4 Å². The van der Waals surface area contributed by atoms with Crippen molar-refractivity contribution in [1.82, 2.24) is 0 Å². The fourth-order valence-corrected chi connectivity index (χ4v) is 4.23. The number of hydrogen-bond acceptors (Lipinski definition) is 2. The summed E-state index contributed by atoms with van der Waals surface area (Å²) in [6, 6.07) is 5.93. The minimum Gasteiger partial charge on any atom is -0.372 e. The van der Waals surface area contributed by atoms with Crippen molar-refractivity contribution in [3.8, 4) is 0 Å². The number of ether oxygens (including phenoxy) is 1. The Bertz CT molecular complexity index is 582. The molecule has 2 aromatic rings. The van der Waals surface area contributed by atoms with Crippen molar-refractivity contribution >= 4 is 53.3 Å². The van der Waals surface area contributed by atoms with Crippen molar-refractivity contribution < 1.29 is 17.9 Å². The van der Waals surface area contributed by atoms with E-state index in [1.165, 1.54) is 0 Å². The van der Waals surface area contributed by atoms with Gasteiger partial charge >= 0.3 is 6.18 Å². The molecule has 0 fully saturated rings. The highest BCUT2D eigenvalue weighted by molar-refractivity contribution is 9.10. The molecule has 20 heavy (non-hydrogen) atoms. The van der Waals surface area contributed by atoms with Crippen molar-refractivity contribution in [2.24, 2.45) is 0 Å². The second-order valence-electron chi connectivity index (χ2n) is 4.23. The predicted molar refractivity (Wildman–Crippen MR) is 82.7 cm³/mol. The highest BCUT2D eigenvalue weighted by Crippen LogP contribution is 2.39. The van der Waals surface area contributed by atoms with Crippen LogP contribution in [0.3, 0.4) is 0 Å². The summed E-state index contributed by atoms with van der Waals surface area (Å²) < 4.78 is 42.7. The van der Waals surface area contributed by atoms with E-state index >= 15 is 0 Å². The average Bonchev–Trinajstić information content (AvgIpc) is 2.78. The van der Waals surface area contributed by atoms with Crippen LogP contribution in [0.25, 0.3) is 10.1 Å². The number of hydrogen-bond donors (Lipinski definition) is 0. The van der Waals surface area contributed by atoms with Gasteiger partial charge in [-0.3, -0.25) is 0 Å². The van der Waals surface area contributed by atoms with E-state index < -0.39 is 12.8 Å². The Morgan fingerprint density at radius 3 is 2.75 bits per heavy atom. The molecule has 1 nitrogen and oxygen atoms in total. The lowest BCUT2D eigenvalue weighted by molar-refractivity contribution is -0.174. The van der Waals surface area contributed by atoms with Crippen LogP contribution < -0.4 is 0 Å². The SMILES string of the molecule is FC(F)(F)COCCC(Br)c1csc2c(Br)cccc12. The maximum absolute atomic E-state index is 12.0. The van der Waals surface area contributed by atoms with E-state index in [2.05, 4.69) is 36.6 Å². The van der Waals surface area contributed by atoms with Gasteiger partial charge < -0.3 is 4.74 Å². The molecule has 1 atom stereocenters. The van der Waals surface area contributed by atoms with Gasteiger partial charge in [0.1, 0.15) is 6.61 Å². The lowest BCUT2D eigenvalue weighted by Crippen LogP contribution is -2.17. The minimum atomic E-state index is -4.26. The summed E-state index contributed by atoms with van der Waals surface area (Å²) >= 11 is 8.63. The third-order valence-corrected chi connectivity index (χ3v) is 5.62. The van der Waals surface area contributed by atoms with Crippen molar-refractivity contribution in [2.45, 2.75) is 17.4 Å². The molecule has 1 unspecified atom stereocenters. The van der Waals surface area contributed by atoms with Crippen molar-refractivity contribution in [1.29, 1.82) is 0 Å². The molecule has 0 spiro atoms. The van der Waals surface area contributed by atoms with Gasteiger partial charge in [0, 0.05) is 20.6 Å². The Labute approximate surface area is 135 Å². The Balaban J connectivity index is 1.98. The van der Waals surface area contributed by atoms with Gasteiger partial charge in [-0.05, 0) is 44.7 Å². The molecule has 0 aliphatic rings. The van der Waals surface area contributed by atoms with Gasteiger partial charge in [-0.15, -0.1) is 11.3 Å². The van der Waals surface area contributed by atoms with Crippen LogP contribution in [0.4, 0.5) is 13.2 Å². The summed E-state index contributed by atoms with van der Waals surface area (Å²) in [7, 11) is 0. The standard InChI is InChI=1S/C13H11Br2F3OS/c14-10(4-5-19-7-13(16,17)18)9-6-20-12-8(9)2-1-3-11(12)15/h1-3,6,10H,4-5,7H2. The van der Waals surface area contributed by atoms with Crippen LogP contribution in [0.2, 0.25) is 0 Å². The van der Waals surface area contributed by atoms with Gasteiger partial charge in [-0.25, -0.2) is 0 Å². The zero-order chi connectivity index (χ0) is 14.8. The van der Waals surface area contributed by atoms with Gasteiger partial charge in [0.25, 0.3) is 0 Å². The minimum absolute atomic E-state index is 0.0150. The summed E-state index contributed by atoms with van der Waals surface area (Å²) in [5.41, 5.74) is 1.09. The van der Waals surface area contributed by atoms with E-state index in [9.17, 15) is 13.2 Å². The lowest BCUT2D eigenvalue weighted by atomic mass is 10.1. The molecule has 110 valence electrons. The van der Waals surface area contributed by atoms with E-state index in [1.807, 2.05) is 23.6 Å². The third kappa shape index (κ3) is 4.19. The normalized spacial score (nSPS) is 13.8. The molecular formula is C13H11Br2F3OS. The zero-order valence-corrected chi connectivity index (χ0v) is 14.2. The quantitative estimate of drug-likeness (QED) is 0.412. The van der Waals surface area contributed by atoms with Gasteiger partial charge in [0.05, 0.1) is 0 Å². The second-order valence-corrected chi connectivity index (χ2v) is 7.07. The fourth-order valence-electron chi connectivity index (χ4n) is 1.81. The first-order valence-corrected chi connectivity index (χ1v) is 8.41. The second kappa shape index (κ2) is 6.77. The summed E-state index contributed by atoms with van der Waals surface area (Å²) in [6.07, 6.45) is -3.77. The number of thiophene rings is 1. The van der Waals surface area contributed by atoms with Crippen LogP contribution in [0.5, 0.6) is 0 Å². The third-order valence-electron chi connectivity index (χ3n) is 2.70. The van der Waals surface area contributed by atoms with Crippen molar-refractivity contribution in [2.75, 3.05) is 13.2 Å². The predicted octanol–water partition coefficient (Wildman–Crippen LogP) is 6.07. The molecule has 0 saturated heterocycles. The average molecular weight is 432 g/mol. The number of alkyl halides is 4. The summed E-state index contributed by atoms with van der Waals surface area (Å²) in [5, 5.41) is 3.14. The summed E-state index contributed by atoms with van der Waals surface area (Å²) in [5.74, 6) is 0. The van der Waals surface area contributed by atoms with Crippen molar-refractivity contribution in [3.63, 3.8) is 0 Å². The molecule has 0 radical (unpaired) electrons. The Morgan fingerprint density at radius 2 is 2.05 bits per heavy atom. The van der Waals surface area contributed by atoms with E-state index in [4.69, 9.17) is 0 Å². The summed E-state index contributed by atoms with van der Waals surface area (Å²) in [4.78, 5) is -0.0150. The van der Waals surface area contributed by atoms with Crippen molar-refractivity contribution in [3.05, 3.63) is 33.6 Å². The fraction of sp³-hybridized carbons (Fsp3) is 0.385. The maximum atomic E-state index is 12.0. The Kier molecular flexibility index (Phi) is 5.50. The van der Waals surface area contributed by atoms with E-state index in [1.54, 1.807) is 11.3 Å². The maximum Gasteiger partial charge on any atom is 0.411 e. The van der Waals surface area contributed by atoms with Crippen LogP contribution >= 0.6 is 43.2 Å². The largest absolute Gasteiger partial charge is 0.411 e. The highest BCUT2D eigenvalue weighted by Gasteiger charge is 2.27. The monoisotopic (exact) mass is 430 g/mol. The van der Waals surface area contributed by atoms with Gasteiger partial charge in [0.15, 0.2) is 0 Å². The van der Waals surface area contributed by atoms with Crippen LogP contribution in [0.15, 0.2) is 28.1 Å². The van der Waals surface area contributed by atoms with E-state index in [0.29, 0.717) is 6.42 Å². The molecule has 0 aliphatic carbocycles. The van der Waals surface area contributed by atoms with Crippen LogP contribution in [0, 0.1) is 0 Å². The zero-order valence-electron chi connectivity index (χ0n) is 10.2. The highest BCUT2D eigenvalue weighted by atomic mass is 79.9. The van der Waals surface area contributed by atoms with E-state index in [0.717, 1.165) is 20.1 Å². The number of rotatable bonds is 5. The molecule has 1 heterocycles. The summed E-state index contributed by atoms with van der Waals surface area (Å²) in [6.45, 7) is -1.12. The van der Waals surface area contributed by atoms with Crippen LogP contribution in [-0.2, 0) is 4.74 Å². The number of benzene rings is 1. The first kappa shape index (κ1) is 16.3. The first-order chi connectivity index (χ1) is 9.38. The van der Waals surface area contributed by atoms with Crippen LogP contribution in [0.1, 0.15) is 16.8 Å². The van der Waals surface area contributed by atoms with E-state index in [-0.39, 0.29) is 11.4 Å². The topological polar surface area (TPSA) is 9.23 Å². The lowest BCUT2D eigenvalue weighted by Gasteiger charge is -2.11. The molecule has 1 aromatic carbocycles. The Morgan fingerprint density at radius 1 is 1.30 bits per heavy atom. The molecule has 1 aromatic heterocycles. The number of fused-ring (bicyclic) bond motifs is 1. The van der Waals surface area contributed by atoms with Gasteiger partial charge in [-0.2, -0.15) is 13.2 Å². The molecule has 0 bridgehead atoms. The smallest absolute Gasteiger partial charge is 0.372 e. The molecule has 0 aliphatic heterocycles.